The largest absolute Gasteiger partial charge is 0.367 e. The molecule has 1 amide bonds. The minimum atomic E-state index is -0.171. The first-order chi connectivity index (χ1) is 12.6. The number of piperazine rings is 1. The van der Waals surface area contributed by atoms with Crippen LogP contribution in [-0.2, 0) is 4.79 Å². The van der Waals surface area contributed by atoms with Crippen molar-refractivity contribution in [2.24, 2.45) is 0 Å². The summed E-state index contributed by atoms with van der Waals surface area (Å²) in [5, 5.41) is 3.05. The van der Waals surface area contributed by atoms with Crippen LogP contribution in [0.1, 0.15) is 24.9 Å². The third-order valence-electron chi connectivity index (χ3n) is 4.90. The molecule has 0 aliphatic carbocycles. The Morgan fingerprint density at radius 2 is 1.69 bits per heavy atom. The standard InChI is InChI=1S/C21H26FN3O/c1-17(18-7-3-2-4-8-18)23-21(26)11-12-24-13-15-25(16-14-24)20-10-6-5-9-19(20)22/h2-10,17H,11-16H2,1H3,(H,23,26). The fourth-order valence-electron chi connectivity index (χ4n) is 3.32. The van der Waals surface area contributed by atoms with Crippen LogP contribution in [0.25, 0.3) is 0 Å². The molecule has 3 rings (SSSR count). The van der Waals surface area contributed by atoms with Gasteiger partial charge in [0.15, 0.2) is 0 Å². The molecule has 1 atom stereocenters. The molecule has 26 heavy (non-hydrogen) atoms. The van der Waals surface area contributed by atoms with Gasteiger partial charge in [0, 0.05) is 39.1 Å². The highest BCUT2D eigenvalue weighted by atomic mass is 19.1. The Morgan fingerprint density at radius 1 is 1.04 bits per heavy atom. The fraction of sp³-hybridized carbons (Fsp3) is 0.381. The molecule has 1 fully saturated rings. The van der Waals surface area contributed by atoms with Crippen LogP contribution < -0.4 is 10.2 Å². The molecule has 1 N–H and O–H groups in total. The number of para-hydroxylation sites is 1. The van der Waals surface area contributed by atoms with Crippen molar-refractivity contribution >= 4 is 11.6 Å². The molecule has 0 radical (unpaired) electrons. The Morgan fingerprint density at radius 3 is 2.38 bits per heavy atom. The van der Waals surface area contributed by atoms with Crippen molar-refractivity contribution in [2.45, 2.75) is 19.4 Å². The average Bonchev–Trinajstić information content (AvgIpc) is 2.68. The molecular weight excluding hydrogens is 329 g/mol. The summed E-state index contributed by atoms with van der Waals surface area (Å²) in [7, 11) is 0. The Labute approximate surface area is 154 Å². The molecule has 1 unspecified atom stereocenters. The molecule has 2 aromatic carbocycles. The quantitative estimate of drug-likeness (QED) is 0.864. The molecule has 0 aromatic heterocycles. The lowest BCUT2D eigenvalue weighted by Crippen LogP contribution is -2.47. The van der Waals surface area contributed by atoms with Gasteiger partial charge in [-0.1, -0.05) is 42.5 Å². The first-order valence-corrected chi connectivity index (χ1v) is 9.19. The molecule has 4 nitrogen and oxygen atoms in total. The number of rotatable bonds is 6. The molecule has 0 spiro atoms. The molecule has 0 saturated carbocycles. The van der Waals surface area contributed by atoms with Gasteiger partial charge in [-0.3, -0.25) is 9.69 Å². The zero-order valence-corrected chi connectivity index (χ0v) is 15.2. The number of nitrogens with one attached hydrogen (secondary N) is 1. The second kappa shape index (κ2) is 8.81. The number of benzene rings is 2. The van der Waals surface area contributed by atoms with Gasteiger partial charge in [0.05, 0.1) is 11.7 Å². The Hall–Kier alpha value is -2.40. The number of hydrogen-bond acceptors (Lipinski definition) is 3. The molecule has 1 heterocycles. The van der Waals surface area contributed by atoms with Crippen LogP contribution in [0, 0.1) is 5.82 Å². The third kappa shape index (κ3) is 4.82. The smallest absolute Gasteiger partial charge is 0.221 e. The van der Waals surface area contributed by atoms with Crippen LogP contribution >= 0.6 is 0 Å². The number of nitrogens with zero attached hydrogens (tertiary/aromatic N) is 2. The second-order valence-corrected chi connectivity index (χ2v) is 6.73. The van der Waals surface area contributed by atoms with Crippen LogP contribution in [0.5, 0.6) is 0 Å². The van der Waals surface area contributed by atoms with Crippen LogP contribution in [-0.4, -0.2) is 43.5 Å². The van der Waals surface area contributed by atoms with Crippen molar-refractivity contribution in [2.75, 3.05) is 37.6 Å². The van der Waals surface area contributed by atoms with Crippen molar-refractivity contribution in [3.05, 3.63) is 66.0 Å². The molecule has 0 bridgehead atoms. The summed E-state index contributed by atoms with van der Waals surface area (Å²) in [5.41, 5.74) is 1.78. The van der Waals surface area contributed by atoms with Gasteiger partial charge < -0.3 is 10.2 Å². The summed E-state index contributed by atoms with van der Waals surface area (Å²) in [6.07, 6.45) is 0.483. The van der Waals surface area contributed by atoms with E-state index >= 15 is 0 Å². The van der Waals surface area contributed by atoms with E-state index in [0.29, 0.717) is 12.1 Å². The van der Waals surface area contributed by atoms with Crippen molar-refractivity contribution in [3.8, 4) is 0 Å². The Bertz CT molecular complexity index is 714. The summed E-state index contributed by atoms with van der Waals surface area (Å²) in [6, 6.07) is 16.9. The molecule has 1 saturated heterocycles. The molecule has 5 heteroatoms. The number of hydrogen-bond donors (Lipinski definition) is 1. The van der Waals surface area contributed by atoms with E-state index in [0.717, 1.165) is 38.3 Å². The van der Waals surface area contributed by atoms with Crippen LogP contribution in [0.3, 0.4) is 0 Å². The number of amides is 1. The van der Waals surface area contributed by atoms with Crippen molar-refractivity contribution in [1.82, 2.24) is 10.2 Å². The molecular formula is C21H26FN3O. The van der Waals surface area contributed by atoms with Gasteiger partial charge in [0.2, 0.25) is 5.91 Å². The van der Waals surface area contributed by atoms with E-state index in [1.54, 1.807) is 6.07 Å². The number of carbonyl (C=O) groups is 1. The van der Waals surface area contributed by atoms with Gasteiger partial charge in [0.1, 0.15) is 5.82 Å². The monoisotopic (exact) mass is 355 g/mol. The lowest BCUT2D eigenvalue weighted by atomic mass is 10.1. The van der Waals surface area contributed by atoms with Crippen LogP contribution in [0.15, 0.2) is 54.6 Å². The zero-order chi connectivity index (χ0) is 18.4. The van der Waals surface area contributed by atoms with Gasteiger partial charge in [-0.2, -0.15) is 0 Å². The predicted molar refractivity (Wildman–Crippen MR) is 103 cm³/mol. The summed E-state index contributed by atoms with van der Waals surface area (Å²) in [6.45, 7) is 5.98. The molecule has 2 aromatic rings. The summed E-state index contributed by atoms with van der Waals surface area (Å²) in [4.78, 5) is 16.5. The highest BCUT2D eigenvalue weighted by Gasteiger charge is 2.20. The van der Waals surface area contributed by atoms with Crippen molar-refractivity contribution in [3.63, 3.8) is 0 Å². The first kappa shape index (κ1) is 18.4. The third-order valence-corrected chi connectivity index (χ3v) is 4.90. The maximum atomic E-state index is 13.9. The number of halogens is 1. The maximum Gasteiger partial charge on any atom is 0.221 e. The van der Waals surface area contributed by atoms with E-state index in [4.69, 9.17) is 0 Å². The van der Waals surface area contributed by atoms with Crippen molar-refractivity contribution in [1.29, 1.82) is 0 Å². The molecule has 1 aliphatic rings. The van der Waals surface area contributed by atoms with E-state index in [1.165, 1.54) is 6.07 Å². The lowest BCUT2D eigenvalue weighted by Gasteiger charge is -2.36. The van der Waals surface area contributed by atoms with E-state index in [-0.39, 0.29) is 17.8 Å². The van der Waals surface area contributed by atoms with E-state index in [1.807, 2.05) is 49.4 Å². The Balaban J connectivity index is 1.41. The SMILES string of the molecule is CC(NC(=O)CCN1CCN(c2ccccc2F)CC1)c1ccccc1. The topological polar surface area (TPSA) is 35.6 Å². The van der Waals surface area contributed by atoms with Crippen LogP contribution in [0.2, 0.25) is 0 Å². The first-order valence-electron chi connectivity index (χ1n) is 9.19. The van der Waals surface area contributed by atoms with Crippen LogP contribution in [0.4, 0.5) is 10.1 Å². The highest BCUT2D eigenvalue weighted by molar-refractivity contribution is 5.76. The van der Waals surface area contributed by atoms with E-state index in [2.05, 4.69) is 15.1 Å². The zero-order valence-electron chi connectivity index (χ0n) is 15.2. The van der Waals surface area contributed by atoms with Gasteiger partial charge >= 0.3 is 0 Å². The number of carbonyl (C=O) groups excluding carboxylic acids is 1. The average molecular weight is 355 g/mol. The predicted octanol–water partition coefficient (Wildman–Crippen LogP) is 3.22. The lowest BCUT2D eigenvalue weighted by molar-refractivity contribution is -0.122. The summed E-state index contributed by atoms with van der Waals surface area (Å²) in [5.74, 6) is -0.104. The normalized spacial score (nSPS) is 16.3. The highest BCUT2D eigenvalue weighted by Crippen LogP contribution is 2.20. The fourth-order valence-corrected chi connectivity index (χ4v) is 3.32. The summed E-state index contributed by atoms with van der Waals surface area (Å²) >= 11 is 0. The van der Waals surface area contributed by atoms with Gasteiger partial charge in [0.25, 0.3) is 0 Å². The van der Waals surface area contributed by atoms with E-state index < -0.39 is 0 Å². The maximum absolute atomic E-state index is 13.9. The van der Waals surface area contributed by atoms with Gasteiger partial charge in [-0.25, -0.2) is 4.39 Å². The van der Waals surface area contributed by atoms with Crippen molar-refractivity contribution < 1.29 is 9.18 Å². The van der Waals surface area contributed by atoms with Gasteiger partial charge in [-0.15, -0.1) is 0 Å². The van der Waals surface area contributed by atoms with Gasteiger partial charge in [-0.05, 0) is 24.6 Å². The molecule has 138 valence electrons. The molecule has 1 aliphatic heterocycles. The minimum Gasteiger partial charge on any atom is -0.367 e. The Kier molecular flexibility index (Phi) is 6.23. The van der Waals surface area contributed by atoms with E-state index in [9.17, 15) is 9.18 Å². The minimum absolute atomic E-state index is 0.0154. The summed E-state index contributed by atoms with van der Waals surface area (Å²) < 4.78 is 13.9. The number of anilines is 1. The second-order valence-electron chi connectivity index (χ2n) is 6.73.